The quantitative estimate of drug-likeness (QED) is 0.0246. The molecule has 4 rings (SSSR count). The van der Waals surface area contributed by atoms with Crippen molar-refractivity contribution in [1.29, 1.82) is 0 Å². The molecule has 27 heteroatoms. The van der Waals surface area contributed by atoms with Crippen molar-refractivity contribution in [3.05, 3.63) is 72.5 Å². The first kappa shape index (κ1) is 55.6. The number of aliphatic hydroxyl groups is 1. The Kier molecular flexibility index (Phi) is 21.7. The Morgan fingerprint density at radius 2 is 1.09 bits per heavy atom. The van der Waals surface area contributed by atoms with Gasteiger partial charge in [-0.1, -0.05) is 32.0 Å². The van der Waals surface area contributed by atoms with Crippen LogP contribution >= 0.6 is 25.3 Å². The van der Waals surface area contributed by atoms with Gasteiger partial charge < -0.3 is 73.4 Å². The molecule has 0 bridgehead atoms. The molecule has 0 radical (unpaired) electrons. The average Bonchev–Trinajstić information content (AvgIpc) is 4.13. The van der Waals surface area contributed by atoms with Crippen LogP contribution in [0, 0.1) is 5.92 Å². The number of aromatic amines is 3. The van der Waals surface area contributed by atoms with Crippen LogP contribution in [0.5, 0.6) is 0 Å². The lowest BCUT2D eigenvalue weighted by Crippen LogP contribution is -2.60. The molecule has 1 aromatic carbocycles. The smallest absolute Gasteiger partial charge is 0.326 e. The number of rotatable bonds is 28. The monoisotopic (exact) mass is 1010 g/mol. The van der Waals surface area contributed by atoms with E-state index in [2.05, 4.69) is 92.7 Å². The molecule has 4 aromatic rings. The number of hydrogen-bond donors (Lipinski definition) is 16. The fraction of sp³-hybridized carbons (Fsp3) is 0.465. The van der Waals surface area contributed by atoms with Crippen molar-refractivity contribution >= 4 is 89.4 Å². The zero-order valence-electron chi connectivity index (χ0n) is 38.5. The standard InChI is InChI=1S/C43H60N14O11S2/c1-21(2)8-31(43(67)68)54-41(65)33(17-69)57-42(66)34(18-70)56-39(63)29(10-24-13-45-19-49-24)51-35(59)15-48-37(61)32(16-58)55-38(62)28(9-23-12-47-27-7-5-4-6-26(23)27)53-40(64)30(52-36(60)22(3)44)11-25-14-46-20-50-25/h4-7,12-14,19-22,28-34,47,58,69-70H,8-11,15-18,44H2,1-3H3,(H,45,49)(H,46,50)(H,48,61)(H,51,59)(H,52,60)(H,53,64)(H,54,65)(H,55,62)(H,56,63)(H,57,66)(H,67,68)/t22-,28-,29-,30-,31-,32-,33-,34-/m0/s1. The highest BCUT2D eigenvalue weighted by molar-refractivity contribution is 7.80. The summed E-state index contributed by atoms with van der Waals surface area (Å²) in [6.07, 6.45) is 6.97. The van der Waals surface area contributed by atoms with Crippen molar-refractivity contribution in [2.45, 2.75) is 94.8 Å². The lowest BCUT2D eigenvalue weighted by molar-refractivity contribution is -0.142. The van der Waals surface area contributed by atoms with Gasteiger partial charge in [-0.25, -0.2) is 14.8 Å². The predicted molar refractivity (Wildman–Crippen MR) is 259 cm³/mol. The number of amides is 8. The van der Waals surface area contributed by atoms with Gasteiger partial charge in [0.05, 0.1) is 31.8 Å². The summed E-state index contributed by atoms with van der Waals surface area (Å²) >= 11 is 8.30. The van der Waals surface area contributed by atoms with Crippen LogP contribution in [-0.4, -0.2) is 161 Å². The third-order valence-corrected chi connectivity index (χ3v) is 11.3. The van der Waals surface area contributed by atoms with Gasteiger partial charge in [-0.15, -0.1) is 0 Å². The minimum absolute atomic E-state index is 0.0570. The molecule has 15 N–H and O–H groups in total. The molecule has 0 aliphatic heterocycles. The molecule has 380 valence electrons. The first-order valence-electron chi connectivity index (χ1n) is 22.0. The van der Waals surface area contributed by atoms with Gasteiger partial charge in [-0.05, 0) is 30.9 Å². The van der Waals surface area contributed by atoms with Gasteiger partial charge in [0, 0.05) is 71.6 Å². The van der Waals surface area contributed by atoms with Gasteiger partial charge in [-0.2, -0.15) is 25.3 Å². The Bertz CT molecular complexity index is 2420. The summed E-state index contributed by atoms with van der Waals surface area (Å²) in [6.45, 7) is 3.26. The minimum Gasteiger partial charge on any atom is -0.480 e. The summed E-state index contributed by atoms with van der Waals surface area (Å²) in [5.41, 5.74) is 7.98. The van der Waals surface area contributed by atoms with Gasteiger partial charge in [0.1, 0.15) is 42.3 Å². The highest BCUT2D eigenvalue weighted by Gasteiger charge is 2.33. The second-order valence-electron chi connectivity index (χ2n) is 16.6. The van der Waals surface area contributed by atoms with E-state index in [-0.39, 0.29) is 43.1 Å². The number of carbonyl (C=O) groups is 9. The number of aromatic nitrogens is 5. The summed E-state index contributed by atoms with van der Waals surface area (Å²) in [5.74, 6) is -8.67. The first-order chi connectivity index (χ1) is 33.3. The third-order valence-electron chi connectivity index (χ3n) is 10.6. The molecular formula is C43H60N14O11S2. The summed E-state index contributed by atoms with van der Waals surface area (Å²) < 4.78 is 0. The Morgan fingerprint density at radius 3 is 1.57 bits per heavy atom. The summed E-state index contributed by atoms with van der Waals surface area (Å²) in [4.78, 5) is 136. The van der Waals surface area contributed by atoms with Gasteiger partial charge in [0.25, 0.3) is 0 Å². The van der Waals surface area contributed by atoms with E-state index >= 15 is 0 Å². The van der Waals surface area contributed by atoms with Gasteiger partial charge in [-0.3, -0.25) is 38.4 Å². The second kappa shape index (κ2) is 27.3. The number of nitrogens with zero attached hydrogens (tertiary/aromatic N) is 2. The summed E-state index contributed by atoms with van der Waals surface area (Å²) in [7, 11) is 0. The lowest BCUT2D eigenvalue weighted by atomic mass is 10.0. The van der Waals surface area contributed by atoms with Gasteiger partial charge in [0.2, 0.25) is 47.3 Å². The summed E-state index contributed by atoms with van der Waals surface area (Å²) in [5, 5.41) is 40.3. The van der Waals surface area contributed by atoms with Gasteiger partial charge in [0.15, 0.2) is 0 Å². The molecule has 0 aliphatic carbocycles. The van der Waals surface area contributed by atoms with Crippen LogP contribution < -0.4 is 48.3 Å². The molecule has 0 saturated heterocycles. The number of para-hydroxylation sites is 1. The van der Waals surface area contributed by atoms with E-state index in [1.807, 2.05) is 6.07 Å². The number of aliphatic carboxylic acids is 1. The number of nitrogens with one attached hydrogen (secondary N) is 11. The molecule has 70 heavy (non-hydrogen) atoms. The van der Waals surface area contributed by atoms with E-state index in [0.29, 0.717) is 17.0 Å². The second-order valence-corrected chi connectivity index (χ2v) is 17.4. The van der Waals surface area contributed by atoms with Crippen LogP contribution in [0.1, 0.15) is 44.1 Å². The van der Waals surface area contributed by atoms with Crippen molar-refractivity contribution in [2.24, 2.45) is 11.7 Å². The number of imidazole rings is 2. The van der Waals surface area contributed by atoms with Crippen LogP contribution in [0.25, 0.3) is 10.9 Å². The normalized spacial score (nSPS) is 14.6. The van der Waals surface area contributed by atoms with E-state index in [1.54, 1.807) is 38.2 Å². The topological polar surface area (TPSA) is 389 Å². The lowest BCUT2D eigenvalue weighted by Gasteiger charge is -2.25. The molecule has 8 amide bonds. The fourth-order valence-corrected chi connectivity index (χ4v) is 7.37. The third kappa shape index (κ3) is 16.9. The average molecular weight is 1010 g/mol. The largest absolute Gasteiger partial charge is 0.480 e. The number of carboxylic acid groups (broad SMARTS) is 1. The predicted octanol–water partition coefficient (Wildman–Crippen LogP) is -3.52. The Balaban J connectivity index is 1.44. The highest BCUT2D eigenvalue weighted by atomic mass is 32.1. The Hall–Kier alpha value is -6.97. The van der Waals surface area contributed by atoms with Crippen LogP contribution in [0.3, 0.4) is 0 Å². The Labute approximate surface area is 412 Å². The van der Waals surface area contributed by atoms with Gasteiger partial charge >= 0.3 is 5.97 Å². The number of aliphatic hydroxyl groups excluding tert-OH is 1. The number of thiol groups is 2. The number of fused-ring (bicyclic) bond motifs is 1. The molecule has 3 heterocycles. The zero-order valence-corrected chi connectivity index (χ0v) is 40.3. The van der Waals surface area contributed by atoms with Crippen molar-refractivity contribution in [3.63, 3.8) is 0 Å². The van der Waals surface area contributed by atoms with E-state index in [9.17, 15) is 53.4 Å². The first-order valence-corrected chi connectivity index (χ1v) is 23.3. The number of carbonyl (C=O) groups excluding carboxylic acids is 8. The van der Waals surface area contributed by atoms with Crippen LogP contribution in [0.2, 0.25) is 0 Å². The maximum absolute atomic E-state index is 14.0. The maximum atomic E-state index is 14.0. The number of carboxylic acids is 1. The van der Waals surface area contributed by atoms with Crippen LogP contribution in [0.4, 0.5) is 0 Å². The van der Waals surface area contributed by atoms with E-state index in [0.717, 1.165) is 10.9 Å². The Morgan fingerprint density at radius 1 is 0.614 bits per heavy atom. The number of benzene rings is 1. The molecule has 8 atom stereocenters. The number of H-pyrrole nitrogens is 3. The minimum atomic E-state index is -1.66. The molecule has 0 fully saturated rings. The molecule has 0 unspecified atom stereocenters. The van der Waals surface area contributed by atoms with Crippen molar-refractivity contribution in [1.82, 2.24) is 67.5 Å². The molecule has 0 spiro atoms. The van der Waals surface area contributed by atoms with Crippen LogP contribution in [0.15, 0.2) is 55.5 Å². The van der Waals surface area contributed by atoms with E-state index in [4.69, 9.17) is 5.73 Å². The molecular weight excluding hydrogens is 953 g/mol. The van der Waals surface area contributed by atoms with E-state index in [1.165, 1.54) is 32.0 Å². The molecule has 0 saturated carbocycles. The molecule has 25 nitrogen and oxygen atoms in total. The van der Waals surface area contributed by atoms with Crippen molar-refractivity contribution < 1.29 is 53.4 Å². The fourth-order valence-electron chi connectivity index (χ4n) is 6.86. The highest BCUT2D eigenvalue weighted by Crippen LogP contribution is 2.19. The summed E-state index contributed by atoms with van der Waals surface area (Å²) in [6, 6.07) is -3.36. The molecule has 0 aliphatic rings. The molecule has 3 aromatic heterocycles. The van der Waals surface area contributed by atoms with Crippen molar-refractivity contribution in [2.75, 3.05) is 24.7 Å². The number of hydrogen-bond acceptors (Lipinski definition) is 15. The van der Waals surface area contributed by atoms with Crippen LogP contribution in [-0.2, 0) is 62.4 Å². The maximum Gasteiger partial charge on any atom is 0.326 e. The number of nitrogens with two attached hydrogens (primary N) is 1. The van der Waals surface area contributed by atoms with Crippen molar-refractivity contribution in [3.8, 4) is 0 Å². The zero-order chi connectivity index (χ0) is 51.5. The van der Waals surface area contributed by atoms with E-state index < -0.39 is 115 Å². The SMILES string of the molecule is CC(C)C[C@H](NC(=O)[C@H](CS)NC(=O)[C@H](CS)NC(=O)[C@H](Cc1cnc[nH]1)NC(=O)CNC(=O)[C@H](CO)NC(=O)[C@H](Cc1c[nH]c2ccccc12)NC(=O)[C@H](Cc1cnc[nH]1)NC(=O)[C@H](C)N)C(=O)O.